The Kier molecular flexibility index (Phi) is 5.39. The van der Waals surface area contributed by atoms with E-state index in [0.717, 1.165) is 12.0 Å². The third kappa shape index (κ3) is 5.21. The summed E-state index contributed by atoms with van der Waals surface area (Å²) in [5, 5.41) is 3.10. The number of benzene rings is 1. The lowest BCUT2D eigenvalue weighted by molar-refractivity contribution is -0.121. The largest absolute Gasteiger partial charge is 0.348 e. The lowest BCUT2D eigenvalue weighted by Gasteiger charge is -2.27. The second-order valence-corrected chi connectivity index (χ2v) is 7.23. The molecule has 1 N–H and O–H groups in total. The van der Waals surface area contributed by atoms with E-state index in [9.17, 15) is 4.79 Å². The monoisotopic (exact) mass is 311 g/mol. The number of hydrogen-bond donors (Lipinski definition) is 1. The van der Waals surface area contributed by atoms with Crippen LogP contribution < -0.4 is 5.32 Å². The molecular weight excluding hydrogens is 290 g/mol. The number of nitrogens with one attached hydrogen (secondary N) is 1. The van der Waals surface area contributed by atoms with Crippen molar-refractivity contribution in [2.24, 2.45) is 5.41 Å². The molecule has 0 aromatic heterocycles. The third-order valence-corrected chi connectivity index (χ3v) is 3.11. The number of halogens is 1. The molecule has 2 atom stereocenters. The molecule has 0 fully saturated rings. The third-order valence-electron chi connectivity index (χ3n) is 2.70. The van der Waals surface area contributed by atoms with Crippen LogP contribution in [-0.2, 0) is 4.79 Å². The topological polar surface area (TPSA) is 29.1 Å². The van der Waals surface area contributed by atoms with Gasteiger partial charge in [-0.2, -0.15) is 0 Å². The molecule has 0 spiro atoms. The normalized spacial score (nSPS) is 14.9. The van der Waals surface area contributed by atoms with Crippen molar-refractivity contribution in [1.82, 2.24) is 5.32 Å². The summed E-state index contributed by atoms with van der Waals surface area (Å²) in [6.45, 7) is 8.40. The van der Waals surface area contributed by atoms with Gasteiger partial charge in [0.05, 0.1) is 10.9 Å². The van der Waals surface area contributed by atoms with Crippen LogP contribution in [0.1, 0.15) is 45.7 Å². The van der Waals surface area contributed by atoms with Gasteiger partial charge in [0.2, 0.25) is 5.91 Å². The minimum Gasteiger partial charge on any atom is -0.348 e. The Bertz CT molecular complexity index is 381. The SMILES string of the molecule is CC(Br)C(=O)NC(CC(C)(C)C)c1ccccc1. The van der Waals surface area contributed by atoms with Gasteiger partial charge in [-0.1, -0.05) is 67.0 Å². The molecule has 0 saturated heterocycles. The molecule has 0 bridgehead atoms. The predicted octanol–water partition coefficient (Wildman–Crippen LogP) is 4.06. The van der Waals surface area contributed by atoms with Crippen molar-refractivity contribution in [3.8, 4) is 0 Å². The highest BCUT2D eigenvalue weighted by Crippen LogP contribution is 2.29. The lowest BCUT2D eigenvalue weighted by atomic mass is 9.85. The summed E-state index contributed by atoms with van der Waals surface area (Å²) < 4.78 is 0. The summed E-state index contributed by atoms with van der Waals surface area (Å²) in [7, 11) is 0. The van der Waals surface area contributed by atoms with Crippen LogP contribution in [0.2, 0.25) is 0 Å². The van der Waals surface area contributed by atoms with Crippen LogP contribution in [0.25, 0.3) is 0 Å². The van der Waals surface area contributed by atoms with Crippen molar-refractivity contribution in [3.05, 3.63) is 35.9 Å². The molecule has 0 aliphatic heterocycles. The van der Waals surface area contributed by atoms with E-state index in [1.165, 1.54) is 0 Å². The fraction of sp³-hybridized carbons (Fsp3) is 0.533. The van der Waals surface area contributed by atoms with E-state index >= 15 is 0 Å². The van der Waals surface area contributed by atoms with E-state index in [1.807, 2.05) is 25.1 Å². The van der Waals surface area contributed by atoms with Crippen molar-refractivity contribution >= 4 is 21.8 Å². The van der Waals surface area contributed by atoms with E-state index in [1.54, 1.807) is 0 Å². The Labute approximate surface area is 118 Å². The average Bonchev–Trinajstić information content (AvgIpc) is 2.27. The highest BCUT2D eigenvalue weighted by Gasteiger charge is 2.22. The summed E-state index contributed by atoms with van der Waals surface area (Å²) in [4.78, 5) is 11.7. The van der Waals surface area contributed by atoms with Crippen LogP contribution in [0.5, 0.6) is 0 Å². The zero-order chi connectivity index (χ0) is 13.8. The molecule has 0 aliphatic carbocycles. The Balaban J connectivity index is 2.86. The highest BCUT2D eigenvalue weighted by atomic mass is 79.9. The van der Waals surface area contributed by atoms with Gasteiger partial charge in [0.25, 0.3) is 0 Å². The molecule has 0 saturated carbocycles. The van der Waals surface area contributed by atoms with Crippen LogP contribution in [0.15, 0.2) is 30.3 Å². The zero-order valence-electron chi connectivity index (χ0n) is 11.5. The van der Waals surface area contributed by atoms with Gasteiger partial charge in [-0.25, -0.2) is 0 Å². The van der Waals surface area contributed by atoms with Gasteiger partial charge in [-0.15, -0.1) is 0 Å². The lowest BCUT2D eigenvalue weighted by Crippen LogP contribution is -2.35. The fourth-order valence-electron chi connectivity index (χ4n) is 1.84. The number of carbonyl (C=O) groups excluding carboxylic acids is 1. The van der Waals surface area contributed by atoms with Gasteiger partial charge in [-0.3, -0.25) is 4.79 Å². The van der Waals surface area contributed by atoms with Crippen molar-refractivity contribution in [2.75, 3.05) is 0 Å². The second-order valence-electron chi connectivity index (χ2n) is 5.85. The molecule has 2 unspecified atom stereocenters. The maximum Gasteiger partial charge on any atom is 0.233 e. The van der Waals surface area contributed by atoms with Crippen molar-refractivity contribution in [3.63, 3.8) is 0 Å². The summed E-state index contributed by atoms with van der Waals surface area (Å²) in [5.74, 6) is 0.0353. The molecule has 0 aliphatic rings. The minimum absolute atomic E-state index is 0.0353. The van der Waals surface area contributed by atoms with Crippen molar-refractivity contribution in [1.29, 1.82) is 0 Å². The van der Waals surface area contributed by atoms with Crippen LogP contribution in [0.4, 0.5) is 0 Å². The Morgan fingerprint density at radius 3 is 2.28 bits per heavy atom. The van der Waals surface area contributed by atoms with Gasteiger partial charge in [0.15, 0.2) is 0 Å². The summed E-state index contributed by atoms with van der Waals surface area (Å²) in [5.41, 5.74) is 1.33. The van der Waals surface area contributed by atoms with Gasteiger partial charge < -0.3 is 5.32 Å². The van der Waals surface area contributed by atoms with E-state index < -0.39 is 0 Å². The van der Waals surface area contributed by atoms with Crippen LogP contribution in [-0.4, -0.2) is 10.7 Å². The number of rotatable bonds is 4. The molecule has 1 aromatic carbocycles. The molecule has 0 radical (unpaired) electrons. The van der Waals surface area contributed by atoms with Gasteiger partial charge in [0.1, 0.15) is 0 Å². The molecule has 3 heteroatoms. The first-order valence-electron chi connectivity index (χ1n) is 6.29. The van der Waals surface area contributed by atoms with Crippen LogP contribution >= 0.6 is 15.9 Å². The summed E-state index contributed by atoms with van der Waals surface area (Å²) >= 11 is 3.31. The van der Waals surface area contributed by atoms with Gasteiger partial charge in [0, 0.05) is 0 Å². The Hall–Kier alpha value is -0.830. The molecule has 1 rings (SSSR count). The molecule has 1 aromatic rings. The summed E-state index contributed by atoms with van der Waals surface area (Å²) in [6.07, 6.45) is 0.919. The number of hydrogen-bond acceptors (Lipinski definition) is 1. The van der Waals surface area contributed by atoms with E-state index in [2.05, 4.69) is 54.2 Å². The first-order valence-corrected chi connectivity index (χ1v) is 7.20. The molecule has 1 amide bonds. The Morgan fingerprint density at radius 1 is 1.28 bits per heavy atom. The van der Waals surface area contributed by atoms with E-state index in [4.69, 9.17) is 0 Å². The minimum atomic E-state index is -0.163. The van der Waals surface area contributed by atoms with Crippen molar-refractivity contribution < 1.29 is 4.79 Å². The maximum absolute atomic E-state index is 11.9. The predicted molar refractivity (Wildman–Crippen MR) is 79.8 cm³/mol. The average molecular weight is 312 g/mol. The van der Waals surface area contributed by atoms with E-state index in [0.29, 0.717) is 0 Å². The van der Waals surface area contributed by atoms with Gasteiger partial charge in [-0.05, 0) is 24.3 Å². The van der Waals surface area contributed by atoms with Gasteiger partial charge >= 0.3 is 0 Å². The Morgan fingerprint density at radius 2 is 1.83 bits per heavy atom. The molecular formula is C15H22BrNO. The molecule has 18 heavy (non-hydrogen) atoms. The highest BCUT2D eigenvalue weighted by molar-refractivity contribution is 9.10. The quantitative estimate of drug-likeness (QED) is 0.835. The molecule has 100 valence electrons. The number of carbonyl (C=O) groups is 1. The van der Waals surface area contributed by atoms with Crippen LogP contribution in [0.3, 0.4) is 0 Å². The zero-order valence-corrected chi connectivity index (χ0v) is 13.1. The standard InChI is InChI=1S/C15H22BrNO/c1-11(16)14(18)17-13(10-15(2,3)4)12-8-6-5-7-9-12/h5-9,11,13H,10H2,1-4H3,(H,17,18). The number of amides is 1. The first kappa shape index (κ1) is 15.2. The van der Waals surface area contributed by atoms with Crippen LogP contribution in [0, 0.1) is 5.41 Å². The first-order chi connectivity index (χ1) is 8.29. The molecule has 0 heterocycles. The smallest absolute Gasteiger partial charge is 0.233 e. The summed E-state index contributed by atoms with van der Waals surface area (Å²) in [6, 6.07) is 10.2. The number of alkyl halides is 1. The maximum atomic E-state index is 11.9. The molecule has 2 nitrogen and oxygen atoms in total. The fourth-order valence-corrected chi connectivity index (χ4v) is 1.97. The van der Waals surface area contributed by atoms with E-state index in [-0.39, 0.29) is 22.2 Å². The second kappa shape index (κ2) is 6.37. The van der Waals surface area contributed by atoms with Crippen molar-refractivity contribution in [2.45, 2.75) is 45.0 Å².